The van der Waals surface area contributed by atoms with Gasteiger partial charge in [0.15, 0.2) is 0 Å². The fourth-order valence-electron chi connectivity index (χ4n) is 2.83. The summed E-state index contributed by atoms with van der Waals surface area (Å²) < 4.78 is 57.1. The largest absolute Gasteiger partial charge is 0.383 e. The molecule has 1 aromatic rings. The van der Waals surface area contributed by atoms with Crippen molar-refractivity contribution in [1.82, 2.24) is 14.3 Å². The van der Waals surface area contributed by atoms with Gasteiger partial charge < -0.3 is 10.1 Å². The summed E-state index contributed by atoms with van der Waals surface area (Å²) in [6.07, 6.45) is 2.42. The van der Waals surface area contributed by atoms with E-state index in [9.17, 15) is 21.6 Å². The van der Waals surface area contributed by atoms with Crippen LogP contribution in [0, 0.1) is 0 Å². The molecule has 1 heterocycles. The predicted octanol–water partition coefficient (Wildman–Crippen LogP) is 0.528. The number of amides is 1. The van der Waals surface area contributed by atoms with E-state index in [1.54, 1.807) is 0 Å². The van der Waals surface area contributed by atoms with Crippen molar-refractivity contribution in [1.29, 1.82) is 0 Å². The van der Waals surface area contributed by atoms with Crippen LogP contribution < -0.4 is 10.0 Å². The minimum atomic E-state index is -3.78. The molecule has 1 aliphatic rings. The van der Waals surface area contributed by atoms with Crippen molar-refractivity contribution < 1.29 is 26.4 Å². The Bertz CT molecular complexity index is 920. The molecule has 0 spiro atoms. The van der Waals surface area contributed by atoms with Crippen molar-refractivity contribution in [3.63, 3.8) is 0 Å². The van der Waals surface area contributed by atoms with Gasteiger partial charge in [-0.1, -0.05) is 0 Å². The molecule has 0 aliphatic carbocycles. The number of piperidine rings is 1. The Morgan fingerprint density at radius 2 is 2.04 bits per heavy atom. The van der Waals surface area contributed by atoms with Crippen LogP contribution in [0.3, 0.4) is 0 Å². The molecule has 1 amide bonds. The molecule has 1 aromatic carbocycles. The number of rotatable bonds is 8. The van der Waals surface area contributed by atoms with Crippen LogP contribution in [0.25, 0.3) is 0 Å². The van der Waals surface area contributed by atoms with Gasteiger partial charge in [0.1, 0.15) is 0 Å². The van der Waals surface area contributed by atoms with E-state index in [0.717, 1.165) is 6.26 Å². The van der Waals surface area contributed by atoms with Crippen molar-refractivity contribution in [3.05, 3.63) is 28.2 Å². The number of nitrogens with zero attached hydrogens (tertiary/aromatic N) is 1. The smallest absolute Gasteiger partial charge is 0.252 e. The summed E-state index contributed by atoms with van der Waals surface area (Å²) in [5, 5.41) is 2.80. The fourth-order valence-corrected chi connectivity index (χ4v) is 5.21. The second kappa shape index (κ2) is 9.63. The number of benzene rings is 1. The molecule has 158 valence electrons. The van der Waals surface area contributed by atoms with Gasteiger partial charge in [-0.25, -0.2) is 25.9 Å². The SMILES string of the molecule is COCCNS(=O)(=O)c1ccc(Br)c(C(=O)NC2CCCN(S(C)(=O)=O)C2)c1. The van der Waals surface area contributed by atoms with Crippen LogP contribution in [0.2, 0.25) is 0 Å². The second-order valence-electron chi connectivity index (χ2n) is 6.47. The Kier molecular flexibility index (Phi) is 7.99. The van der Waals surface area contributed by atoms with Crippen molar-refractivity contribution >= 4 is 41.9 Å². The van der Waals surface area contributed by atoms with Gasteiger partial charge >= 0.3 is 0 Å². The summed E-state index contributed by atoms with van der Waals surface area (Å²) in [7, 11) is -5.65. The summed E-state index contributed by atoms with van der Waals surface area (Å²) >= 11 is 3.27. The lowest BCUT2D eigenvalue weighted by atomic mass is 10.1. The minimum absolute atomic E-state index is 0.0432. The summed E-state index contributed by atoms with van der Waals surface area (Å²) in [6.45, 7) is 0.954. The highest BCUT2D eigenvalue weighted by Crippen LogP contribution is 2.22. The number of halogens is 1. The fraction of sp³-hybridized carbons (Fsp3) is 0.562. The number of ether oxygens (including phenoxy) is 1. The Balaban J connectivity index is 2.15. The Morgan fingerprint density at radius 1 is 1.32 bits per heavy atom. The van der Waals surface area contributed by atoms with Crippen LogP contribution in [-0.2, 0) is 24.8 Å². The average molecular weight is 498 g/mol. The molecular formula is C16H24BrN3O6S2. The second-order valence-corrected chi connectivity index (χ2v) is 11.1. The molecule has 9 nitrogen and oxygen atoms in total. The lowest BCUT2D eigenvalue weighted by molar-refractivity contribution is 0.0920. The molecule has 0 aromatic heterocycles. The van der Waals surface area contributed by atoms with Crippen molar-refractivity contribution in [2.24, 2.45) is 0 Å². The summed E-state index contributed by atoms with van der Waals surface area (Å²) in [6, 6.07) is 3.82. The van der Waals surface area contributed by atoms with Crippen molar-refractivity contribution in [2.75, 3.05) is 39.6 Å². The first-order valence-electron chi connectivity index (χ1n) is 8.58. The van der Waals surface area contributed by atoms with Crippen LogP contribution >= 0.6 is 15.9 Å². The molecule has 12 heteroatoms. The number of carbonyl (C=O) groups is 1. The first kappa shape index (κ1) is 23.2. The first-order chi connectivity index (χ1) is 13.0. The third-order valence-corrected chi connectivity index (χ3v) is 7.70. The minimum Gasteiger partial charge on any atom is -0.383 e. The predicted molar refractivity (Wildman–Crippen MR) is 108 cm³/mol. The zero-order valence-corrected chi connectivity index (χ0v) is 18.9. The third kappa shape index (κ3) is 6.22. The molecule has 1 unspecified atom stereocenters. The van der Waals surface area contributed by atoms with Crippen LogP contribution in [-0.4, -0.2) is 72.7 Å². The van der Waals surface area contributed by atoms with E-state index in [4.69, 9.17) is 4.74 Å². The Hall–Kier alpha value is -1.05. The van der Waals surface area contributed by atoms with E-state index in [-0.39, 0.29) is 36.2 Å². The lowest BCUT2D eigenvalue weighted by Crippen LogP contribution is -2.49. The summed E-state index contributed by atoms with van der Waals surface area (Å²) in [4.78, 5) is 12.6. The van der Waals surface area contributed by atoms with E-state index >= 15 is 0 Å². The zero-order chi connectivity index (χ0) is 20.9. The van der Waals surface area contributed by atoms with Crippen LogP contribution in [0.5, 0.6) is 0 Å². The van der Waals surface area contributed by atoms with Gasteiger partial charge in [0.25, 0.3) is 5.91 Å². The maximum atomic E-state index is 12.7. The lowest BCUT2D eigenvalue weighted by Gasteiger charge is -2.31. The number of sulfonamides is 2. The van der Waals surface area contributed by atoms with E-state index in [2.05, 4.69) is 26.0 Å². The first-order valence-corrected chi connectivity index (χ1v) is 12.7. The van der Waals surface area contributed by atoms with Gasteiger partial charge in [0.2, 0.25) is 20.0 Å². The molecule has 1 saturated heterocycles. The molecule has 1 aliphatic heterocycles. The number of hydrogen-bond donors (Lipinski definition) is 2. The summed E-state index contributed by atoms with van der Waals surface area (Å²) in [5.74, 6) is -0.471. The van der Waals surface area contributed by atoms with E-state index in [1.807, 2.05) is 0 Å². The molecule has 28 heavy (non-hydrogen) atoms. The maximum Gasteiger partial charge on any atom is 0.252 e. The highest BCUT2D eigenvalue weighted by atomic mass is 79.9. The molecule has 2 rings (SSSR count). The molecule has 0 saturated carbocycles. The number of nitrogens with one attached hydrogen (secondary N) is 2. The van der Waals surface area contributed by atoms with Crippen molar-refractivity contribution in [2.45, 2.75) is 23.8 Å². The molecule has 0 radical (unpaired) electrons. The number of carbonyl (C=O) groups excluding carboxylic acids is 1. The van der Waals surface area contributed by atoms with Crippen LogP contribution in [0.4, 0.5) is 0 Å². The zero-order valence-electron chi connectivity index (χ0n) is 15.6. The van der Waals surface area contributed by atoms with E-state index in [1.165, 1.54) is 29.6 Å². The van der Waals surface area contributed by atoms with Gasteiger partial charge in [-0.2, -0.15) is 0 Å². The third-order valence-electron chi connectivity index (χ3n) is 4.28. The highest BCUT2D eigenvalue weighted by Gasteiger charge is 2.28. The van der Waals surface area contributed by atoms with Gasteiger partial charge in [0, 0.05) is 37.3 Å². The monoisotopic (exact) mass is 497 g/mol. The quantitative estimate of drug-likeness (QED) is 0.505. The van der Waals surface area contributed by atoms with Gasteiger partial charge in [-0.05, 0) is 47.0 Å². The van der Waals surface area contributed by atoms with Gasteiger partial charge in [-0.3, -0.25) is 4.79 Å². The van der Waals surface area contributed by atoms with E-state index < -0.39 is 26.0 Å². The van der Waals surface area contributed by atoms with Gasteiger partial charge in [-0.15, -0.1) is 0 Å². The number of methoxy groups -OCH3 is 1. The normalized spacial score (nSPS) is 18.8. The van der Waals surface area contributed by atoms with Gasteiger partial charge in [0.05, 0.1) is 23.3 Å². The molecule has 0 bridgehead atoms. The number of hydrogen-bond acceptors (Lipinski definition) is 6. The average Bonchev–Trinajstić information content (AvgIpc) is 2.61. The highest BCUT2D eigenvalue weighted by molar-refractivity contribution is 9.10. The molecule has 1 fully saturated rings. The topological polar surface area (TPSA) is 122 Å². The standard InChI is InChI=1S/C16H24BrN3O6S2/c1-26-9-7-18-28(24,25)13-5-6-15(17)14(10-13)16(21)19-12-4-3-8-20(11-12)27(2,22)23/h5-6,10,12,18H,3-4,7-9,11H2,1-2H3,(H,19,21). The molecule has 1 atom stereocenters. The van der Waals surface area contributed by atoms with Crippen molar-refractivity contribution in [3.8, 4) is 0 Å². The Morgan fingerprint density at radius 3 is 2.68 bits per heavy atom. The maximum absolute atomic E-state index is 12.7. The molecular weight excluding hydrogens is 474 g/mol. The summed E-state index contributed by atoms with van der Waals surface area (Å²) in [5.41, 5.74) is 0.158. The van der Waals surface area contributed by atoms with Crippen LogP contribution in [0.15, 0.2) is 27.6 Å². The van der Waals surface area contributed by atoms with Crippen LogP contribution in [0.1, 0.15) is 23.2 Å². The Labute approximate surface area is 174 Å². The van der Waals surface area contributed by atoms with E-state index in [0.29, 0.717) is 23.9 Å². The molecule has 2 N–H and O–H groups in total.